The predicted octanol–water partition coefficient (Wildman–Crippen LogP) is 4.19. The second-order valence-electron chi connectivity index (χ2n) is 7.59. The average molecular weight is 629 g/mol. The van der Waals surface area contributed by atoms with Gasteiger partial charge in [-0.15, -0.1) is 0 Å². The summed E-state index contributed by atoms with van der Waals surface area (Å²) >= 11 is 7.13. The molecule has 0 bridgehead atoms. The number of hydrazone groups is 1. The molecule has 36 heavy (non-hydrogen) atoms. The zero-order valence-corrected chi connectivity index (χ0v) is 23.2. The van der Waals surface area contributed by atoms with Crippen LogP contribution in [0.2, 0.25) is 0 Å². The van der Waals surface area contributed by atoms with Crippen LogP contribution in [0.1, 0.15) is 24.2 Å². The first-order valence-electron chi connectivity index (χ1n) is 10.6. The van der Waals surface area contributed by atoms with Gasteiger partial charge in [0.25, 0.3) is 5.91 Å². The van der Waals surface area contributed by atoms with E-state index in [2.05, 4.69) is 47.5 Å². The van der Waals surface area contributed by atoms with E-state index in [4.69, 9.17) is 33.3 Å². The van der Waals surface area contributed by atoms with Crippen molar-refractivity contribution >= 4 is 49.7 Å². The molecule has 0 aliphatic carbocycles. The number of nitrogens with zero attached hydrogens (tertiary/aromatic N) is 2. The van der Waals surface area contributed by atoms with Crippen molar-refractivity contribution in [2.45, 2.75) is 13.0 Å². The number of hydrogen-bond acceptors (Lipinski definition) is 10. The Morgan fingerprint density at radius 1 is 1.03 bits per heavy atom. The van der Waals surface area contributed by atoms with Crippen LogP contribution in [0.15, 0.2) is 31.3 Å². The maximum Gasteiger partial charge on any atom is 0.289 e. The third-order valence-corrected chi connectivity index (χ3v) is 7.20. The van der Waals surface area contributed by atoms with Gasteiger partial charge in [-0.3, -0.25) is 4.79 Å². The van der Waals surface area contributed by atoms with Crippen LogP contribution in [-0.2, 0) is 9.63 Å². The molecule has 2 aromatic rings. The number of amides is 1. The SMILES string of the molecule is COc1cc(/C=N\NC(=O)C2=NO[C@H](c3c(Br)c(OC)c4c(c3Br)OCO4)[C@H]2C)cc(OC)c1OC. The van der Waals surface area contributed by atoms with E-state index in [1.54, 1.807) is 12.1 Å². The number of oxime groups is 1. The van der Waals surface area contributed by atoms with Crippen LogP contribution in [0.3, 0.4) is 0 Å². The molecule has 0 unspecified atom stereocenters. The summed E-state index contributed by atoms with van der Waals surface area (Å²) in [5, 5.41) is 8.07. The molecule has 0 aromatic heterocycles. The number of carbonyl (C=O) groups excluding carboxylic acids is 1. The number of benzene rings is 2. The highest BCUT2D eigenvalue weighted by molar-refractivity contribution is 9.11. The van der Waals surface area contributed by atoms with Crippen molar-refractivity contribution in [3.8, 4) is 34.5 Å². The first-order chi connectivity index (χ1) is 17.4. The Bertz CT molecular complexity index is 1230. The lowest BCUT2D eigenvalue weighted by Crippen LogP contribution is -2.31. The van der Waals surface area contributed by atoms with Gasteiger partial charge in [-0.2, -0.15) is 5.10 Å². The van der Waals surface area contributed by atoms with Crippen molar-refractivity contribution in [1.29, 1.82) is 0 Å². The standard InChI is InChI=1S/C23H23Br2N3O8/c1-10-17(23(29)27-26-8-11-6-12(30-2)19(32-4)13(7-11)31-3)28-36-18(10)14-15(24)20(33-5)22-21(16(14)25)34-9-35-22/h6-8,10,18H,9H2,1-5H3,(H,27,29)/b26-8-/t10-,18-/m0/s1. The monoisotopic (exact) mass is 627 g/mol. The molecule has 2 atom stereocenters. The van der Waals surface area contributed by atoms with Crippen molar-refractivity contribution in [2.75, 3.05) is 35.2 Å². The topological polar surface area (TPSA) is 118 Å². The van der Waals surface area contributed by atoms with E-state index in [0.29, 0.717) is 54.6 Å². The molecular weight excluding hydrogens is 606 g/mol. The smallest absolute Gasteiger partial charge is 0.289 e. The van der Waals surface area contributed by atoms with E-state index >= 15 is 0 Å². The molecule has 0 saturated carbocycles. The van der Waals surface area contributed by atoms with Gasteiger partial charge in [0.1, 0.15) is 0 Å². The van der Waals surface area contributed by atoms with Gasteiger partial charge in [0.15, 0.2) is 34.8 Å². The molecule has 0 saturated heterocycles. The Hall–Kier alpha value is -3.19. The highest BCUT2D eigenvalue weighted by atomic mass is 79.9. The fourth-order valence-electron chi connectivity index (χ4n) is 3.86. The van der Waals surface area contributed by atoms with Crippen molar-refractivity contribution in [1.82, 2.24) is 5.43 Å². The van der Waals surface area contributed by atoms with Crippen LogP contribution in [-0.4, -0.2) is 53.1 Å². The molecule has 0 spiro atoms. The van der Waals surface area contributed by atoms with Gasteiger partial charge >= 0.3 is 0 Å². The van der Waals surface area contributed by atoms with Gasteiger partial charge in [-0.25, -0.2) is 5.43 Å². The quantitative estimate of drug-likeness (QED) is 0.342. The minimum absolute atomic E-state index is 0.0648. The minimum atomic E-state index is -0.600. The van der Waals surface area contributed by atoms with Gasteiger partial charge in [0.2, 0.25) is 18.3 Å². The summed E-state index contributed by atoms with van der Waals surface area (Å²) in [6.07, 6.45) is 0.855. The van der Waals surface area contributed by atoms with Crippen molar-refractivity contribution in [2.24, 2.45) is 16.2 Å². The Labute approximate surface area is 223 Å². The number of halogens is 2. The highest BCUT2D eigenvalue weighted by Gasteiger charge is 2.41. The maximum absolute atomic E-state index is 12.9. The van der Waals surface area contributed by atoms with Crippen LogP contribution >= 0.6 is 31.9 Å². The van der Waals surface area contributed by atoms with Crippen molar-refractivity contribution < 1.29 is 38.1 Å². The lowest BCUT2D eigenvalue weighted by molar-refractivity contribution is -0.115. The first kappa shape index (κ1) is 25.9. The van der Waals surface area contributed by atoms with E-state index in [-0.39, 0.29) is 12.5 Å². The number of methoxy groups -OCH3 is 4. The van der Waals surface area contributed by atoms with Gasteiger partial charge in [0, 0.05) is 11.1 Å². The Morgan fingerprint density at radius 2 is 1.67 bits per heavy atom. The Morgan fingerprint density at radius 3 is 2.28 bits per heavy atom. The summed E-state index contributed by atoms with van der Waals surface area (Å²) in [7, 11) is 6.08. The highest BCUT2D eigenvalue weighted by Crippen LogP contribution is 2.55. The largest absolute Gasteiger partial charge is 0.493 e. The van der Waals surface area contributed by atoms with Crippen LogP contribution < -0.4 is 33.8 Å². The van der Waals surface area contributed by atoms with Gasteiger partial charge in [-0.05, 0) is 44.0 Å². The minimum Gasteiger partial charge on any atom is -0.493 e. The number of ether oxygens (including phenoxy) is 6. The Kier molecular flexibility index (Phi) is 7.79. The van der Waals surface area contributed by atoms with Crippen molar-refractivity contribution in [3.05, 3.63) is 32.2 Å². The molecule has 4 rings (SSSR count). The normalized spacial score (nSPS) is 18.0. The molecule has 0 radical (unpaired) electrons. The third kappa shape index (κ3) is 4.52. The maximum atomic E-state index is 12.9. The van der Waals surface area contributed by atoms with Crippen LogP contribution in [0.25, 0.3) is 0 Å². The summed E-state index contributed by atoms with van der Waals surface area (Å²) in [5.41, 5.74) is 3.97. The zero-order valence-electron chi connectivity index (χ0n) is 20.0. The summed E-state index contributed by atoms with van der Waals surface area (Å²) < 4.78 is 33.8. The molecule has 192 valence electrons. The van der Waals surface area contributed by atoms with Gasteiger partial charge in [0.05, 0.1) is 49.5 Å². The predicted molar refractivity (Wildman–Crippen MR) is 137 cm³/mol. The summed E-state index contributed by atoms with van der Waals surface area (Å²) in [5.74, 6) is 1.89. The van der Waals surface area contributed by atoms with E-state index < -0.39 is 17.9 Å². The lowest BCUT2D eigenvalue weighted by atomic mass is 9.93. The molecule has 1 N–H and O–H groups in total. The fourth-order valence-corrected chi connectivity index (χ4v) is 5.61. The molecule has 0 fully saturated rings. The van der Waals surface area contributed by atoms with E-state index in [1.807, 2.05) is 6.92 Å². The van der Waals surface area contributed by atoms with Crippen LogP contribution in [0.5, 0.6) is 34.5 Å². The molecule has 2 aliphatic rings. The number of hydrogen-bond donors (Lipinski definition) is 1. The molecule has 2 aromatic carbocycles. The lowest BCUT2D eigenvalue weighted by Gasteiger charge is -2.20. The third-order valence-electron chi connectivity index (χ3n) is 5.63. The van der Waals surface area contributed by atoms with E-state index in [9.17, 15) is 4.79 Å². The molecule has 2 aliphatic heterocycles. The number of rotatable bonds is 8. The molecule has 11 nitrogen and oxygen atoms in total. The van der Waals surface area contributed by atoms with E-state index in [1.165, 1.54) is 34.7 Å². The number of nitrogens with one attached hydrogen (secondary N) is 1. The molecule has 1 amide bonds. The number of fused-ring (bicyclic) bond motifs is 1. The van der Waals surface area contributed by atoms with E-state index in [0.717, 1.165) is 0 Å². The Balaban J connectivity index is 1.51. The average Bonchev–Trinajstić information content (AvgIpc) is 3.51. The first-order valence-corrected chi connectivity index (χ1v) is 12.2. The summed E-state index contributed by atoms with van der Waals surface area (Å²) in [6.45, 7) is 1.89. The second-order valence-corrected chi connectivity index (χ2v) is 9.17. The second kappa shape index (κ2) is 10.8. The number of carbonyl (C=O) groups is 1. The van der Waals surface area contributed by atoms with Crippen LogP contribution in [0.4, 0.5) is 0 Å². The van der Waals surface area contributed by atoms with Gasteiger partial charge < -0.3 is 33.3 Å². The summed E-state index contributed by atoms with van der Waals surface area (Å²) in [6, 6.07) is 3.40. The van der Waals surface area contributed by atoms with Crippen LogP contribution in [0, 0.1) is 5.92 Å². The molecule has 2 heterocycles. The van der Waals surface area contributed by atoms with Gasteiger partial charge in [-0.1, -0.05) is 12.1 Å². The zero-order chi connectivity index (χ0) is 26.0. The fraction of sp³-hybridized carbons (Fsp3) is 0.348. The molecule has 13 heteroatoms. The van der Waals surface area contributed by atoms with Crippen molar-refractivity contribution in [3.63, 3.8) is 0 Å². The molecular formula is C23H23Br2N3O8. The summed E-state index contributed by atoms with van der Waals surface area (Å²) in [4.78, 5) is 18.5.